The average molecular weight is 373 g/mol. The molecule has 2 aromatic carbocycles. The lowest BCUT2D eigenvalue weighted by Crippen LogP contribution is -2.30. The van der Waals surface area contributed by atoms with Crippen LogP contribution >= 0.6 is 11.8 Å². The Morgan fingerprint density at radius 2 is 1.73 bits per heavy atom. The first-order valence-electron chi connectivity index (χ1n) is 9.12. The third-order valence-corrected chi connectivity index (χ3v) is 5.85. The molecule has 140 valence electrons. The monoisotopic (exact) mass is 372 g/mol. The predicted octanol–water partition coefficient (Wildman–Crippen LogP) is 4.86. The molecule has 1 N–H and O–H groups in total. The molecular formula is C21H28N2O2S. The molecule has 0 aliphatic carbocycles. The standard InChI is InChI=1S/C21H28N2O2S/c1-5-16-13-17(23(9-11-24-3)10-12-25-4)14-19-21(16)22-20-15(2)7-6-8-18(20)26-19/h6-8,13-14,22H,5,9-12H2,1-4H3. The Bertz CT molecular complexity index is 756. The molecule has 1 heterocycles. The molecule has 0 amide bonds. The molecule has 2 aromatic rings. The van der Waals surface area contributed by atoms with E-state index in [-0.39, 0.29) is 0 Å². The Morgan fingerprint density at radius 3 is 2.38 bits per heavy atom. The fraction of sp³-hybridized carbons (Fsp3) is 0.429. The van der Waals surface area contributed by atoms with Crippen molar-refractivity contribution in [3.63, 3.8) is 0 Å². The highest BCUT2D eigenvalue weighted by atomic mass is 32.2. The zero-order chi connectivity index (χ0) is 18.5. The van der Waals surface area contributed by atoms with Crippen molar-refractivity contribution < 1.29 is 9.47 Å². The van der Waals surface area contributed by atoms with Crippen LogP contribution in [-0.4, -0.2) is 40.5 Å². The van der Waals surface area contributed by atoms with Gasteiger partial charge in [-0.25, -0.2) is 0 Å². The number of benzene rings is 2. The van der Waals surface area contributed by atoms with E-state index in [1.165, 1.54) is 38.0 Å². The molecule has 3 rings (SSSR count). The second-order valence-corrected chi connectivity index (χ2v) is 7.56. The summed E-state index contributed by atoms with van der Waals surface area (Å²) in [5, 5.41) is 3.69. The van der Waals surface area contributed by atoms with E-state index in [1.54, 1.807) is 14.2 Å². The van der Waals surface area contributed by atoms with E-state index in [4.69, 9.17) is 9.47 Å². The van der Waals surface area contributed by atoms with Crippen LogP contribution in [0.25, 0.3) is 0 Å². The molecule has 0 radical (unpaired) electrons. The molecule has 0 spiro atoms. The number of para-hydroxylation sites is 1. The van der Waals surface area contributed by atoms with Crippen LogP contribution in [0.2, 0.25) is 0 Å². The van der Waals surface area contributed by atoms with Gasteiger partial charge in [0.05, 0.1) is 24.6 Å². The van der Waals surface area contributed by atoms with E-state index in [2.05, 4.69) is 54.4 Å². The Balaban J connectivity index is 1.96. The summed E-state index contributed by atoms with van der Waals surface area (Å²) in [7, 11) is 3.50. The SMILES string of the molecule is CCc1cc(N(CCOC)CCOC)cc2c1Nc1c(C)cccc1S2. The maximum atomic E-state index is 5.30. The summed E-state index contributed by atoms with van der Waals surface area (Å²) >= 11 is 1.85. The highest BCUT2D eigenvalue weighted by molar-refractivity contribution is 7.99. The van der Waals surface area contributed by atoms with Gasteiger partial charge in [-0.1, -0.05) is 30.8 Å². The lowest BCUT2D eigenvalue weighted by molar-refractivity contribution is 0.190. The normalized spacial score (nSPS) is 12.3. The van der Waals surface area contributed by atoms with Crippen molar-refractivity contribution in [2.75, 3.05) is 50.7 Å². The van der Waals surface area contributed by atoms with E-state index < -0.39 is 0 Å². The van der Waals surface area contributed by atoms with Gasteiger partial charge in [-0.2, -0.15) is 0 Å². The maximum absolute atomic E-state index is 5.30. The van der Waals surface area contributed by atoms with E-state index in [1.807, 2.05) is 11.8 Å². The number of hydrogen-bond acceptors (Lipinski definition) is 5. The number of fused-ring (bicyclic) bond motifs is 2. The molecule has 1 aliphatic rings. The number of rotatable bonds is 8. The van der Waals surface area contributed by atoms with Gasteiger partial charge in [0, 0.05) is 42.8 Å². The van der Waals surface area contributed by atoms with Crippen LogP contribution in [0.5, 0.6) is 0 Å². The van der Waals surface area contributed by atoms with Gasteiger partial charge in [-0.3, -0.25) is 0 Å². The van der Waals surface area contributed by atoms with Crippen LogP contribution in [0.4, 0.5) is 17.1 Å². The minimum absolute atomic E-state index is 0.704. The van der Waals surface area contributed by atoms with Gasteiger partial charge in [0.2, 0.25) is 0 Å². The third-order valence-electron chi connectivity index (χ3n) is 4.75. The molecule has 26 heavy (non-hydrogen) atoms. The molecule has 0 atom stereocenters. The maximum Gasteiger partial charge on any atom is 0.0637 e. The first kappa shape index (κ1) is 19.1. The largest absolute Gasteiger partial charge is 0.383 e. The Kier molecular flexibility index (Phi) is 6.46. The van der Waals surface area contributed by atoms with Gasteiger partial charge in [-0.05, 0) is 42.7 Å². The Morgan fingerprint density at radius 1 is 1.00 bits per heavy atom. The van der Waals surface area contributed by atoms with Gasteiger partial charge in [0.25, 0.3) is 0 Å². The minimum atomic E-state index is 0.704. The zero-order valence-corrected chi connectivity index (χ0v) is 16.9. The molecule has 0 saturated carbocycles. The van der Waals surface area contributed by atoms with Crippen molar-refractivity contribution >= 4 is 28.8 Å². The van der Waals surface area contributed by atoms with Crippen LogP contribution < -0.4 is 10.2 Å². The minimum Gasteiger partial charge on any atom is -0.383 e. The van der Waals surface area contributed by atoms with Crippen LogP contribution in [0.15, 0.2) is 40.1 Å². The summed E-state index contributed by atoms with van der Waals surface area (Å²) in [6.07, 6.45) is 0.993. The number of hydrogen-bond donors (Lipinski definition) is 1. The summed E-state index contributed by atoms with van der Waals surface area (Å²) in [6, 6.07) is 11.1. The van der Waals surface area contributed by atoms with Gasteiger partial charge >= 0.3 is 0 Å². The summed E-state index contributed by atoms with van der Waals surface area (Å²) in [4.78, 5) is 4.92. The molecule has 0 unspecified atom stereocenters. The lowest BCUT2D eigenvalue weighted by atomic mass is 10.1. The molecule has 0 saturated heterocycles. The molecular weight excluding hydrogens is 344 g/mol. The van der Waals surface area contributed by atoms with Crippen molar-refractivity contribution in [2.45, 2.75) is 30.1 Å². The number of aryl methyl sites for hydroxylation is 2. The van der Waals surface area contributed by atoms with E-state index in [0.717, 1.165) is 19.5 Å². The topological polar surface area (TPSA) is 33.7 Å². The molecule has 4 nitrogen and oxygen atoms in total. The summed E-state index contributed by atoms with van der Waals surface area (Å²) in [6.45, 7) is 7.50. The molecule has 0 fully saturated rings. The Labute approximate surface area is 160 Å². The van der Waals surface area contributed by atoms with Crippen LogP contribution in [-0.2, 0) is 15.9 Å². The molecule has 5 heteroatoms. The number of nitrogens with one attached hydrogen (secondary N) is 1. The average Bonchev–Trinajstić information content (AvgIpc) is 2.66. The van der Waals surface area contributed by atoms with Gasteiger partial charge in [-0.15, -0.1) is 0 Å². The summed E-state index contributed by atoms with van der Waals surface area (Å²) in [5.41, 5.74) is 6.36. The summed E-state index contributed by atoms with van der Waals surface area (Å²) < 4.78 is 10.6. The molecule has 1 aliphatic heterocycles. The second-order valence-electron chi connectivity index (χ2n) is 6.48. The smallest absolute Gasteiger partial charge is 0.0637 e. The number of methoxy groups -OCH3 is 2. The van der Waals surface area contributed by atoms with Gasteiger partial charge in [0.15, 0.2) is 0 Å². The molecule has 0 bridgehead atoms. The fourth-order valence-electron chi connectivity index (χ4n) is 3.24. The van der Waals surface area contributed by atoms with Crippen LogP contribution in [0.3, 0.4) is 0 Å². The highest BCUT2D eigenvalue weighted by Crippen LogP contribution is 2.48. The quantitative estimate of drug-likeness (QED) is 0.610. The van der Waals surface area contributed by atoms with Gasteiger partial charge < -0.3 is 19.7 Å². The first-order valence-corrected chi connectivity index (χ1v) is 9.93. The van der Waals surface area contributed by atoms with Crippen molar-refractivity contribution in [1.29, 1.82) is 0 Å². The predicted molar refractivity (Wildman–Crippen MR) is 110 cm³/mol. The van der Waals surface area contributed by atoms with Crippen molar-refractivity contribution in [2.24, 2.45) is 0 Å². The summed E-state index contributed by atoms with van der Waals surface area (Å²) in [5.74, 6) is 0. The number of anilines is 3. The van der Waals surface area contributed by atoms with Crippen LogP contribution in [0.1, 0.15) is 18.1 Å². The fourth-order valence-corrected chi connectivity index (χ4v) is 4.40. The second kappa shape index (κ2) is 8.80. The third kappa shape index (κ3) is 4.00. The van der Waals surface area contributed by atoms with Crippen molar-refractivity contribution in [1.82, 2.24) is 0 Å². The van der Waals surface area contributed by atoms with Crippen molar-refractivity contribution in [3.05, 3.63) is 41.5 Å². The lowest BCUT2D eigenvalue weighted by Gasteiger charge is -2.29. The van der Waals surface area contributed by atoms with Gasteiger partial charge in [0.1, 0.15) is 0 Å². The highest BCUT2D eigenvalue weighted by Gasteiger charge is 2.21. The van der Waals surface area contributed by atoms with E-state index >= 15 is 0 Å². The van der Waals surface area contributed by atoms with E-state index in [0.29, 0.717) is 13.2 Å². The van der Waals surface area contributed by atoms with Crippen molar-refractivity contribution in [3.8, 4) is 0 Å². The molecule has 0 aromatic heterocycles. The number of nitrogens with zero attached hydrogens (tertiary/aromatic N) is 1. The first-order chi connectivity index (χ1) is 12.7. The zero-order valence-electron chi connectivity index (χ0n) is 16.1. The number of ether oxygens (including phenoxy) is 2. The Hall–Kier alpha value is -1.69. The van der Waals surface area contributed by atoms with Crippen LogP contribution in [0, 0.1) is 6.92 Å². The van der Waals surface area contributed by atoms with E-state index in [9.17, 15) is 0 Å².